The Hall–Kier alpha value is -8.51. The molecule has 0 aliphatic rings. The molecule has 2 aromatic heterocycles. The van der Waals surface area contributed by atoms with Crippen LogP contribution in [0, 0.1) is 5.82 Å². The minimum atomic E-state index is -0.293. The molecule has 0 bridgehead atoms. The van der Waals surface area contributed by atoms with Crippen LogP contribution in [-0.4, -0.2) is 9.97 Å². The number of rotatable bonds is 14. The van der Waals surface area contributed by atoms with E-state index in [0.717, 1.165) is 71.6 Å². The zero-order chi connectivity index (χ0) is 56.4. The van der Waals surface area contributed by atoms with Gasteiger partial charge in [-0.25, -0.2) is 4.39 Å². The minimum absolute atomic E-state index is 0.135. The third-order valence-corrected chi connectivity index (χ3v) is 13.3. The van der Waals surface area contributed by atoms with Crippen LogP contribution in [0.3, 0.4) is 0 Å². The lowest BCUT2D eigenvalue weighted by Crippen LogP contribution is -2.23. The summed E-state index contributed by atoms with van der Waals surface area (Å²) in [6, 6.07) is 67.2. The molecule has 0 aliphatic carbocycles. The van der Waals surface area contributed by atoms with E-state index in [-0.39, 0.29) is 17.9 Å². The van der Waals surface area contributed by atoms with Crippen LogP contribution in [0.4, 0.5) is 4.39 Å². The number of hydrogen-bond acceptors (Lipinski definition) is 4. The van der Waals surface area contributed by atoms with Crippen molar-refractivity contribution < 1.29 is 4.39 Å². The Bertz CT molecular complexity index is 3610. The molecule has 5 heteroatoms. The molecular weight excluding hydrogens is 964 g/mol. The van der Waals surface area contributed by atoms with Gasteiger partial charge in [-0.1, -0.05) is 222 Å². The molecule has 8 aromatic carbocycles. The van der Waals surface area contributed by atoms with Crippen molar-refractivity contribution in [2.45, 2.75) is 92.7 Å². The van der Waals surface area contributed by atoms with Crippen LogP contribution in [-0.2, 0) is 0 Å². The van der Waals surface area contributed by atoms with E-state index < -0.39 is 0 Å². The highest BCUT2D eigenvalue weighted by molar-refractivity contribution is 6.10. The molecule has 0 amide bonds. The van der Waals surface area contributed by atoms with E-state index >= 15 is 0 Å². The Morgan fingerprint density at radius 3 is 1.53 bits per heavy atom. The van der Waals surface area contributed by atoms with Crippen molar-refractivity contribution in [1.82, 2.24) is 15.3 Å². The SMILES string of the molecule is C/C=C\C.C=C(/C=C/CC)CC.C=CC.CC/C=C(/CCC)NC(c1cccc(-c2ccc(F)cc2)n1)c1cc2ccccc2c2ccccc12.NC(c1cccc(-c2ccccc2)n1)c1cc2ccccc2c2ccccc12. The number of nitrogens with two attached hydrogens (primary N) is 1. The molecule has 0 spiro atoms. The van der Waals surface area contributed by atoms with Crippen LogP contribution in [0.2, 0.25) is 0 Å². The summed E-state index contributed by atoms with van der Waals surface area (Å²) in [6.07, 6.45) is 17.4. The van der Waals surface area contributed by atoms with E-state index in [9.17, 15) is 4.39 Å². The van der Waals surface area contributed by atoms with E-state index in [1.807, 2.05) is 81.5 Å². The standard InChI is InChI=1S/C33H31FN2.C26H20N2.C8H14.C4H8.C3H6/c1-3-10-26(11-4-2)35-33(32-17-9-16-31(36-32)23-18-20-25(34)21-19-23)30-22-24-12-5-6-13-27(24)28-14-7-8-15-29(28)30;27-26(25-16-8-15-24(28-25)18-9-2-1-3-10-18)23-17-19-11-4-5-12-20(19)21-13-6-7-14-22(21)23;1-4-6-7-8(3)5-2;1-3-4-2;1-3-2/h5-10,12-22,33,35H,3-4,11H2,1-2H3;1-17,26H,27H2;6-7H,3-5H2,1-2H3;3-4H,1-2H3;3H,1H2,2H3/b26-10-;;7-6+;4-3-;. The van der Waals surface area contributed by atoms with Crippen LogP contribution in [0.25, 0.3) is 65.6 Å². The number of allylic oxidation sites excluding steroid dienone is 8. The Morgan fingerprint density at radius 1 is 0.544 bits per heavy atom. The van der Waals surface area contributed by atoms with E-state index in [1.54, 1.807) is 18.2 Å². The highest BCUT2D eigenvalue weighted by Crippen LogP contribution is 2.37. The quantitative estimate of drug-likeness (QED) is 0.0647. The summed E-state index contributed by atoms with van der Waals surface area (Å²) >= 11 is 0. The van der Waals surface area contributed by atoms with Gasteiger partial charge in [0.1, 0.15) is 5.82 Å². The number of nitrogens with one attached hydrogen (secondary N) is 1. The average molecular weight is 1040 g/mol. The molecule has 0 saturated heterocycles. The number of halogens is 1. The first kappa shape index (κ1) is 59.7. The molecule has 79 heavy (non-hydrogen) atoms. The molecule has 2 heterocycles. The van der Waals surface area contributed by atoms with Crippen molar-refractivity contribution in [2.24, 2.45) is 5.73 Å². The molecule has 0 fully saturated rings. The average Bonchev–Trinajstić information content (AvgIpc) is 3.65. The van der Waals surface area contributed by atoms with Crippen LogP contribution < -0.4 is 11.1 Å². The lowest BCUT2D eigenvalue weighted by Gasteiger charge is -2.25. The van der Waals surface area contributed by atoms with Gasteiger partial charge >= 0.3 is 0 Å². The van der Waals surface area contributed by atoms with Gasteiger partial charge in [-0.3, -0.25) is 9.97 Å². The first-order valence-corrected chi connectivity index (χ1v) is 27.9. The third kappa shape index (κ3) is 16.5. The molecule has 3 N–H and O–H groups in total. The molecule has 0 aliphatic heterocycles. The smallest absolute Gasteiger partial charge is 0.123 e. The summed E-state index contributed by atoms with van der Waals surface area (Å²) in [5.74, 6) is -0.244. The normalized spacial score (nSPS) is 11.8. The van der Waals surface area contributed by atoms with E-state index in [0.29, 0.717) is 0 Å². The van der Waals surface area contributed by atoms with E-state index in [2.05, 4.69) is 192 Å². The Morgan fingerprint density at radius 2 is 1.01 bits per heavy atom. The fourth-order valence-electron chi connectivity index (χ4n) is 9.26. The maximum Gasteiger partial charge on any atom is 0.123 e. The summed E-state index contributed by atoms with van der Waals surface area (Å²) < 4.78 is 13.6. The van der Waals surface area contributed by atoms with Gasteiger partial charge in [0, 0.05) is 16.8 Å². The van der Waals surface area contributed by atoms with Gasteiger partial charge in [0.15, 0.2) is 0 Å². The summed E-state index contributed by atoms with van der Waals surface area (Å²) in [4.78, 5) is 9.98. The van der Waals surface area contributed by atoms with Crippen molar-refractivity contribution in [3.05, 3.63) is 289 Å². The zero-order valence-corrected chi connectivity index (χ0v) is 47.5. The Labute approximate surface area is 470 Å². The molecule has 10 aromatic rings. The number of benzene rings is 8. The Kier molecular flexibility index (Phi) is 23.9. The van der Waals surface area contributed by atoms with Crippen LogP contribution in [0.5, 0.6) is 0 Å². The summed E-state index contributed by atoms with van der Waals surface area (Å²) in [5, 5.41) is 13.7. The van der Waals surface area contributed by atoms with E-state index in [1.165, 1.54) is 72.1 Å². The molecule has 10 rings (SSSR count). The highest BCUT2D eigenvalue weighted by atomic mass is 19.1. The van der Waals surface area contributed by atoms with E-state index in [4.69, 9.17) is 15.7 Å². The predicted octanol–water partition coefficient (Wildman–Crippen LogP) is 20.8. The van der Waals surface area contributed by atoms with Crippen molar-refractivity contribution in [1.29, 1.82) is 0 Å². The van der Waals surface area contributed by atoms with Crippen molar-refractivity contribution in [3.63, 3.8) is 0 Å². The second-order valence-electron chi connectivity index (χ2n) is 19.1. The first-order chi connectivity index (χ1) is 38.6. The molecule has 402 valence electrons. The van der Waals surface area contributed by atoms with Crippen molar-refractivity contribution in [3.8, 4) is 22.5 Å². The van der Waals surface area contributed by atoms with Gasteiger partial charge in [0.25, 0.3) is 0 Å². The van der Waals surface area contributed by atoms with Crippen molar-refractivity contribution >= 4 is 43.1 Å². The number of fused-ring (bicyclic) bond motifs is 6. The lowest BCUT2D eigenvalue weighted by atomic mass is 9.91. The van der Waals surface area contributed by atoms with Gasteiger partial charge in [-0.15, -0.1) is 6.58 Å². The maximum absolute atomic E-state index is 13.6. The summed E-state index contributed by atoms with van der Waals surface area (Å²) in [7, 11) is 0. The second kappa shape index (κ2) is 31.6. The van der Waals surface area contributed by atoms with Crippen LogP contribution >= 0.6 is 0 Å². The third-order valence-electron chi connectivity index (χ3n) is 13.3. The predicted molar refractivity (Wildman–Crippen MR) is 342 cm³/mol. The highest BCUT2D eigenvalue weighted by Gasteiger charge is 2.22. The fraction of sp³-hybridized carbons (Fsp3) is 0.189. The maximum atomic E-state index is 13.6. The van der Waals surface area contributed by atoms with Gasteiger partial charge in [0.05, 0.1) is 34.9 Å². The monoisotopic (exact) mass is 1040 g/mol. The number of hydrogen-bond donors (Lipinski definition) is 2. The molecule has 2 atom stereocenters. The summed E-state index contributed by atoms with van der Waals surface area (Å²) in [5.41, 5.74) is 17.1. The Balaban J connectivity index is 0.000000207. The minimum Gasteiger partial charge on any atom is -0.376 e. The van der Waals surface area contributed by atoms with Gasteiger partial charge in [0.2, 0.25) is 0 Å². The first-order valence-electron chi connectivity index (χ1n) is 27.9. The molecule has 4 nitrogen and oxygen atoms in total. The van der Waals surface area contributed by atoms with Crippen LogP contribution in [0.15, 0.2) is 261 Å². The fourth-order valence-corrected chi connectivity index (χ4v) is 9.26. The van der Waals surface area contributed by atoms with Gasteiger partial charge in [-0.2, -0.15) is 0 Å². The molecular formula is C74H79FN4. The van der Waals surface area contributed by atoms with Crippen LogP contribution in [0.1, 0.15) is 115 Å². The van der Waals surface area contributed by atoms with Gasteiger partial charge in [-0.05, 0) is 161 Å². The number of aromatic nitrogens is 2. The van der Waals surface area contributed by atoms with Gasteiger partial charge < -0.3 is 11.1 Å². The largest absolute Gasteiger partial charge is 0.376 e. The second-order valence-corrected chi connectivity index (χ2v) is 19.1. The summed E-state index contributed by atoms with van der Waals surface area (Å²) in [6.45, 7) is 21.7. The van der Waals surface area contributed by atoms with Crippen molar-refractivity contribution in [2.75, 3.05) is 0 Å². The number of nitrogens with zero attached hydrogens (tertiary/aromatic N) is 2. The zero-order valence-electron chi connectivity index (χ0n) is 47.5. The molecule has 0 saturated carbocycles. The topological polar surface area (TPSA) is 63.8 Å². The molecule has 0 radical (unpaired) electrons. The lowest BCUT2D eigenvalue weighted by molar-refractivity contribution is 0.628. The number of pyridine rings is 2. The molecule has 2 unspecified atom stereocenters.